The van der Waals surface area contributed by atoms with Crippen LogP contribution >= 0.6 is 0 Å². The average molecular weight is 475 g/mol. The Kier molecular flexibility index (Phi) is 7.67. The Hall–Kier alpha value is -4.27. The van der Waals surface area contributed by atoms with Gasteiger partial charge < -0.3 is 25.5 Å². The number of hydrogen-bond donors (Lipinski definition) is 3. The first-order valence-electron chi connectivity index (χ1n) is 11.5. The maximum Gasteiger partial charge on any atom is 0.321 e. The lowest BCUT2D eigenvalue weighted by molar-refractivity contribution is 0.247. The number of nitrogens with zero attached hydrogens (tertiary/aromatic N) is 3. The number of hydrogen-bond acceptors (Lipinski definition) is 6. The van der Waals surface area contributed by atoms with Crippen LogP contribution in [0.2, 0.25) is 0 Å². The smallest absolute Gasteiger partial charge is 0.321 e. The highest BCUT2D eigenvalue weighted by atomic mass is 16.5. The zero-order valence-corrected chi connectivity index (χ0v) is 20.0. The topological polar surface area (TPSA) is 118 Å². The minimum Gasteiger partial charge on any atom is -0.493 e. The van der Waals surface area contributed by atoms with Crippen molar-refractivity contribution in [2.75, 3.05) is 31.4 Å². The molecule has 0 radical (unpaired) electrons. The van der Waals surface area contributed by atoms with Crippen molar-refractivity contribution in [2.24, 2.45) is 0 Å². The summed E-state index contributed by atoms with van der Waals surface area (Å²) in [6, 6.07) is 15.0. The second kappa shape index (κ2) is 11.2. The summed E-state index contributed by atoms with van der Waals surface area (Å²) in [5, 5.41) is 2.94. The van der Waals surface area contributed by atoms with Crippen LogP contribution in [0.15, 0.2) is 61.1 Å². The van der Waals surface area contributed by atoms with E-state index in [2.05, 4.69) is 20.3 Å². The number of H-pyrrole nitrogens is 1. The lowest BCUT2D eigenvalue weighted by Crippen LogP contribution is -2.36. The Bertz CT molecular complexity index is 1290. The van der Waals surface area contributed by atoms with Crippen LogP contribution in [0.5, 0.6) is 11.5 Å². The van der Waals surface area contributed by atoms with Crippen molar-refractivity contribution in [3.8, 4) is 11.5 Å². The second-order valence-corrected chi connectivity index (χ2v) is 8.20. The molecule has 0 atom stereocenters. The summed E-state index contributed by atoms with van der Waals surface area (Å²) in [7, 11) is 3.31. The number of benzene rings is 2. The molecular weight excluding hydrogens is 444 g/mol. The van der Waals surface area contributed by atoms with Crippen LogP contribution in [-0.4, -0.2) is 41.7 Å². The van der Waals surface area contributed by atoms with Gasteiger partial charge in [-0.1, -0.05) is 6.07 Å². The Morgan fingerprint density at radius 1 is 1.06 bits per heavy atom. The number of nitrogen functional groups attached to an aromatic ring is 1. The Morgan fingerprint density at radius 2 is 1.94 bits per heavy atom. The van der Waals surface area contributed by atoms with Crippen LogP contribution < -0.4 is 25.4 Å². The number of pyridine rings is 1. The lowest BCUT2D eigenvalue weighted by atomic mass is 10.1. The number of carbonyl (C=O) groups is 1. The summed E-state index contributed by atoms with van der Waals surface area (Å²) >= 11 is 0. The van der Waals surface area contributed by atoms with Gasteiger partial charge in [-0.15, -0.1) is 0 Å². The van der Waals surface area contributed by atoms with E-state index in [1.54, 1.807) is 37.6 Å². The maximum absolute atomic E-state index is 12.7. The number of urea groups is 1. The lowest BCUT2D eigenvalue weighted by Gasteiger charge is -2.20. The van der Waals surface area contributed by atoms with Crippen molar-refractivity contribution in [1.29, 1.82) is 0 Å². The molecule has 2 aromatic carbocycles. The largest absolute Gasteiger partial charge is 0.493 e. The van der Waals surface area contributed by atoms with E-state index in [-0.39, 0.29) is 6.03 Å². The summed E-state index contributed by atoms with van der Waals surface area (Å²) in [6.07, 6.45) is 6.16. The van der Waals surface area contributed by atoms with Gasteiger partial charge in [0, 0.05) is 31.5 Å². The normalized spacial score (nSPS) is 10.8. The van der Waals surface area contributed by atoms with Gasteiger partial charge in [0.1, 0.15) is 5.82 Å². The van der Waals surface area contributed by atoms with Crippen LogP contribution in [0.1, 0.15) is 24.0 Å². The fraction of sp³-hybridized carbons (Fsp3) is 0.269. The van der Waals surface area contributed by atoms with E-state index in [0.717, 1.165) is 35.9 Å². The Balaban J connectivity index is 1.27. The van der Waals surface area contributed by atoms with Gasteiger partial charge in [-0.25, -0.2) is 14.8 Å². The third-order valence-corrected chi connectivity index (χ3v) is 5.73. The van der Waals surface area contributed by atoms with Gasteiger partial charge in [-0.3, -0.25) is 4.90 Å². The fourth-order valence-electron chi connectivity index (χ4n) is 3.75. The first-order valence-corrected chi connectivity index (χ1v) is 11.5. The molecule has 4 rings (SSSR count). The predicted octanol–water partition coefficient (Wildman–Crippen LogP) is 4.30. The van der Waals surface area contributed by atoms with Gasteiger partial charge in [0.2, 0.25) is 0 Å². The van der Waals surface area contributed by atoms with E-state index in [4.69, 9.17) is 15.2 Å². The molecule has 35 heavy (non-hydrogen) atoms. The molecule has 0 unspecified atom stereocenters. The minimum atomic E-state index is -0.220. The first-order chi connectivity index (χ1) is 17.0. The number of nitrogens with two attached hydrogens (primary N) is 1. The summed E-state index contributed by atoms with van der Waals surface area (Å²) in [4.78, 5) is 25.6. The van der Waals surface area contributed by atoms with E-state index < -0.39 is 0 Å². The van der Waals surface area contributed by atoms with Gasteiger partial charge in [-0.2, -0.15) is 0 Å². The fourth-order valence-corrected chi connectivity index (χ4v) is 3.75. The molecule has 9 nitrogen and oxygen atoms in total. The van der Waals surface area contributed by atoms with Crippen LogP contribution in [0.25, 0.3) is 11.0 Å². The SMILES string of the molecule is COc1cc(N(C)C(=O)NCc2ccc3nc[nH]c3c2)ccc1OCCCCc1ccnc(N)c1. The van der Waals surface area contributed by atoms with Crippen LogP contribution in [-0.2, 0) is 13.0 Å². The second-order valence-electron chi connectivity index (χ2n) is 8.20. The summed E-state index contributed by atoms with van der Waals surface area (Å²) < 4.78 is 11.4. The molecule has 2 heterocycles. The number of unbranched alkanes of at least 4 members (excludes halogenated alkanes) is 1. The highest BCUT2D eigenvalue weighted by Gasteiger charge is 2.14. The number of fused-ring (bicyclic) bond motifs is 1. The Labute approximate surface area is 204 Å². The number of aromatic amines is 1. The monoisotopic (exact) mass is 474 g/mol. The Morgan fingerprint density at radius 3 is 2.77 bits per heavy atom. The van der Waals surface area contributed by atoms with Crippen molar-refractivity contribution in [3.05, 3.63) is 72.2 Å². The van der Waals surface area contributed by atoms with Gasteiger partial charge in [-0.05, 0) is 66.8 Å². The molecule has 4 N–H and O–H groups in total. The van der Waals surface area contributed by atoms with Gasteiger partial charge in [0.25, 0.3) is 0 Å². The zero-order valence-electron chi connectivity index (χ0n) is 20.0. The van der Waals surface area contributed by atoms with Crippen LogP contribution in [0, 0.1) is 0 Å². The van der Waals surface area contributed by atoms with Crippen LogP contribution in [0.3, 0.4) is 0 Å². The van der Waals surface area contributed by atoms with Gasteiger partial charge in [0.05, 0.1) is 31.1 Å². The molecule has 0 aliphatic carbocycles. The molecule has 9 heteroatoms. The molecular formula is C26H30N6O3. The van der Waals surface area contributed by atoms with Crippen LogP contribution in [0.4, 0.5) is 16.3 Å². The molecule has 182 valence electrons. The number of carbonyl (C=O) groups excluding carboxylic acids is 1. The average Bonchev–Trinajstić information content (AvgIpc) is 3.34. The number of aromatic nitrogens is 3. The highest BCUT2D eigenvalue weighted by Crippen LogP contribution is 2.31. The molecule has 2 aromatic heterocycles. The predicted molar refractivity (Wildman–Crippen MR) is 137 cm³/mol. The standard InChI is InChI=1S/C26H30N6O3/c1-32(26(33)29-16-19-6-8-21-22(13-19)31-17-30-21)20-7-9-23(24(15-20)34-2)35-12-4-3-5-18-10-11-28-25(27)14-18/h6-11,13-15,17H,3-5,12,16H2,1-2H3,(H2,27,28)(H,29,33)(H,30,31). The van der Waals surface area contributed by atoms with Crippen molar-refractivity contribution in [2.45, 2.75) is 25.8 Å². The summed E-state index contributed by atoms with van der Waals surface area (Å²) in [5.41, 5.74) is 10.4. The van der Waals surface area contributed by atoms with E-state index in [9.17, 15) is 4.79 Å². The summed E-state index contributed by atoms with van der Waals surface area (Å²) in [5.74, 6) is 1.76. The number of anilines is 2. The van der Waals surface area contributed by atoms with E-state index in [1.165, 1.54) is 5.56 Å². The third kappa shape index (κ3) is 6.20. The van der Waals surface area contributed by atoms with Gasteiger partial charge >= 0.3 is 6.03 Å². The van der Waals surface area contributed by atoms with Gasteiger partial charge in [0.15, 0.2) is 11.5 Å². The van der Waals surface area contributed by atoms with E-state index >= 15 is 0 Å². The number of imidazole rings is 1. The highest BCUT2D eigenvalue weighted by molar-refractivity contribution is 5.91. The number of aryl methyl sites for hydroxylation is 1. The minimum absolute atomic E-state index is 0.220. The number of methoxy groups -OCH3 is 1. The van der Waals surface area contributed by atoms with Crippen molar-refractivity contribution < 1.29 is 14.3 Å². The van der Waals surface area contributed by atoms with Crippen molar-refractivity contribution >= 4 is 28.6 Å². The molecule has 0 fully saturated rings. The molecule has 0 bridgehead atoms. The zero-order chi connectivity index (χ0) is 24.6. The number of nitrogens with one attached hydrogen (secondary N) is 2. The van der Waals surface area contributed by atoms with E-state index in [0.29, 0.717) is 36.2 Å². The maximum atomic E-state index is 12.7. The summed E-state index contributed by atoms with van der Waals surface area (Å²) in [6.45, 7) is 0.968. The van der Waals surface area contributed by atoms with E-state index in [1.807, 2.05) is 42.5 Å². The third-order valence-electron chi connectivity index (χ3n) is 5.73. The number of ether oxygens (including phenoxy) is 2. The molecule has 0 saturated carbocycles. The molecule has 2 amide bonds. The first kappa shape index (κ1) is 23.9. The molecule has 4 aromatic rings. The quantitative estimate of drug-likeness (QED) is 0.295. The van der Waals surface area contributed by atoms with Crippen molar-refractivity contribution in [1.82, 2.24) is 20.3 Å². The molecule has 0 spiro atoms. The molecule has 0 aliphatic rings. The molecule has 0 saturated heterocycles. The molecule has 0 aliphatic heterocycles. The van der Waals surface area contributed by atoms with Crippen molar-refractivity contribution in [3.63, 3.8) is 0 Å². The number of amides is 2. The number of rotatable bonds is 10.